The van der Waals surface area contributed by atoms with Crippen molar-refractivity contribution < 1.29 is 9.53 Å². The first kappa shape index (κ1) is 16.1. The molecule has 0 unspecified atom stereocenters. The minimum atomic E-state index is -0.212. The fourth-order valence-corrected chi connectivity index (χ4v) is 2.76. The normalized spacial score (nSPS) is 16.1. The van der Waals surface area contributed by atoms with Crippen molar-refractivity contribution in [2.75, 3.05) is 37.0 Å². The highest BCUT2D eigenvalue weighted by Gasteiger charge is 2.20. The van der Waals surface area contributed by atoms with Crippen molar-refractivity contribution in [3.05, 3.63) is 0 Å². The second-order valence-corrected chi connectivity index (χ2v) is 6.97. The average molecular weight is 313 g/mol. The van der Waals surface area contributed by atoms with Gasteiger partial charge >= 0.3 is 0 Å². The predicted molar refractivity (Wildman–Crippen MR) is 82.7 cm³/mol. The van der Waals surface area contributed by atoms with Crippen molar-refractivity contribution in [3.63, 3.8) is 0 Å². The first-order valence-corrected chi connectivity index (χ1v) is 8.01. The lowest BCUT2D eigenvalue weighted by Gasteiger charge is -2.27. The Hall–Kier alpha value is -1.28. The molecule has 1 aromatic heterocycles. The van der Waals surface area contributed by atoms with Crippen molar-refractivity contribution in [2.24, 2.45) is 7.05 Å². The molecule has 1 aliphatic rings. The number of nitrogens with one attached hydrogen (secondary N) is 1. The number of carbonyl (C=O) groups is 1. The summed E-state index contributed by atoms with van der Waals surface area (Å²) in [6, 6.07) is 0. The molecule has 1 aromatic rings. The van der Waals surface area contributed by atoms with E-state index >= 15 is 0 Å². The van der Waals surface area contributed by atoms with Crippen molar-refractivity contribution in [1.29, 1.82) is 0 Å². The third-order valence-corrected chi connectivity index (χ3v) is 3.97. The van der Waals surface area contributed by atoms with Gasteiger partial charge in [-0.1, -0.05) is 11.8 Å². The molecule has 0 spiro atoms. The molecule has 0 aromatic carbocycles. The van der Waals surface area contributed by atoms with Gasteiger partial charge in [-0.05, 0) is 20.8 Å². The highest BCUT2D eigenvalue weighted by Crippen LogP contribution is 2.21. The van der Waals surface area contributed by atoms with Crippen molar-refractivity contribution >= 4 is 23.6 Å². The second kappa shape index (κ2) is 6.65. The summed E-state index contributed by atoms with van der Waals surface area (Å²) in [4.78, 5) is 14.0. The Bertz CT molecular complexity index is 491. The zero-order valence-electron chi connectivity index (χ0n) is 13.0. The molecule has 0 radical (unpaired) electrons. The largest absolute Gasteiger partial charge is 0.378 e. The fourth-order valence-electron chi connectivity index (χ4n) is 2.06. The summed E-state index contributed by atoms with van der Waals surface area (Å²) in [5.74, 6) is 1.17. The summed E-state index contributed by atoms with van der Waals surface area (Å²) in [7, 11) is 1.93. The van der Waals surface area contributed by atoms with E-state index in [-0.39, 0.29) is 11.4 Å². The van der Waals surface area contributed by atoms with Crippen LogP contribution in [0.4, 0.5) is 5.95 Å². The lowest BCUT2D eigenvalue weighted by Crippen LogP contribution is -2.41. The van der Waals surface area contributed by atoms with Gasteiger partial charge in [-0.3, -0.25) is 9.36 Å². The first-order valence-electron chi connectivity index (χ1n) is 7.03. The molecule has 1 amide bonds. The molecule has 118 valence electrons. The van der Waals surface area contributed by atoms with Gasteiger partial charge in [0.15, 0.2) is 5.16 Å². The Morgan fingerprint density at radius 3 is 2.62 bits per heavy atom. The minimum absolute atomic E-state index is 0.00317. The van der Waals surface area contributed by atoms with E-state index < -0.39 is 0 Å². The summed E-state index contributed by atoms with van der Waals surface area (Å²) < 4.78 is 7.27. The van der Waals surface area contributed by atoms with Crippen LogP contribution in [0, 0.1) is 0 Å². The first-order chi connectivity index (χ1) is 9.87. The molecule has 2 heterocycles. The molecule has 21 heavy (non-hydrogen) atoms. The van der Waals surface area contributed by atoms with E-state index in [2.05, 4.69) is 20.4 Å². The predicted octanol–water partition coefficient (Wildman–Crippen LogP) is 0.659. The maximum atomic E-state index is 11.8. The van der Waals surface area contributed by atoms with Gasteiger partial charge in [-0.2, -0.15) is 0 Å². The number of amides is 1. The van der Waals surface area contributed by atoms with Crippen LogP contribution in [0.2, 0.25) is 0 Å². The van der Waals surface area contributed by atoms with Gasteiger partial charge in [0, 0.05) is 25.7 Å². The molecule has 0 bridgehead atoms. The quantitative estimate of drug-likeness (QED) is 0.823. The minimum Gasteiger partial charge on any atom is -0.378 e. The summed E-state index contributed by atoms with van der Waals surface area (Å²) in [5, 5.41) is 12.1. The van der Waals surface area contributed by atoms with Gasteiger partial charge in [-0.15, -0.1) is 10.2 Å². The molecule has 7 nitrogen and oxygen atoms in total. The number of anilines is 1. The average Bonchev–Trinajstić information content (AvgIpc) is 2.77. The topological polar surface area (TPSA) is 72.3 Å². The Morgan fingerprint density at radius 2 is 2.00 bits per heavy atom. The molecule has 0 saturated carbocycles. The van der Waals surface area contributed by atoms with Crippen LogP contribution in [-0.2, 0) is 16.6 Å². The van der Waals surface area contributed by atoms with Crippen molar-refractivity contribution in [2.45, 2.75) is 31.5 Å². The number of morpholine rings is 1. The second-order valence-electron chi connectivity index (χ2n) is 6.03. The lowest BCUT2D eigenvalue weighted by atomic mass is 10.1. The molecule has 1 aliphatic heterocycles. The van der Waals surface area contributed by atoms with Gasteiger partial charge in [0.05, 0.1) is 19.0 Å². The monoisotopic (exact) mass is 313 g/mol. The van der Waals surface area contributed by atoms with Crippen molar-refractivity contribution in [1.82, 2.24) is 20.1 Å². The maximum Gasteiger partial charge on any atom is 0.230 e. The Labute approximate surface area is 129 Å². The number of thioether (sulfide) groups is 1. The van der Waals surface area contributed by atoms with Crippen LogP contribution in [0.15, 0.2) is 5.16 Å². The van der Waals surface area contributed by atoms with E-state index in [1.54, 1.807) is 0 Å². The van der Waals surface area contributed by atoms with Crippen LogP contribution >= 0.6 is 11.8 Å². The molecule has 0 aliphatic carbocycles. The Kier molecular flexibility index (Phi) is 5.10. The zero-order chi connectivity index (χ0) is 15.5. The smallest absolute Gasteiger partial charge is 0.230 e. The molecule has 0 atom stereocenters. The molecule has 2 rings (SSSR count). The molecule has 1 saturated heterocycles. The number of carbonyl (C=O) groups excluding carboxylic acids is 1. The van der Waals surface area contributed by atoms with Crippen molar-refractivity contribution in [3.8, 4) is 0 Å². The molecule has 1 N–H and O–H groups in total. The molecule has 1 fully saturated rings. The lowest BCUT2D eigenvalue weighted by molar-refractivity contribution is -0.119. The molecule has 8 heteroatoms. The Balaban J connectivity index is 1.92. The fraction of sp³-hybridized carbons (Fsp3) is 0.769. The van der Waals surface area contributed by atoms with Gasteiger partial charge in [0.1, 0.15) is 0 Å². The Morgan fingerprint density at radius 1 is 1.33 bits per heavy atom. The number of aromatic nitrogens is 3. The van der Waals surface area contributed by atoms with E-state index in [0.29, 0.717) is 19.0 Å². The van der Waals surface area contributed by atoms with E-state index in [4.69, 9.17) is 4.74 Å². The van der Waals surface area contributed by atoms with Gasteiger partial charge in [0.25, 0.3) is 0 Å². The van der Waals surface area contributed by atoms with E-state index in [0.717, 1.165) is 24.2 Å². The number of rotatable bonds is 4. The standard InChI is InChI=1S/C13H23N5O2S/c1-13(2,3)14-10(19)9-21-12-16-15-11(17(12)4)18-5-7-20-8-6-18/h5-9H2,1-4H3,(H,14,19). The van der Waals surface area contributed by atoms with Crippen LogP contribution in [0.25, 0.3) is 0 Å². The third kappa shape index (κ3) is 4.60. The number of nitrogens with zero attached hydrogens (tertiary/aromatic N) is 4. The summed E-state index contributed by atoms with van der Waals surface area (Å²) in [5.41, 5.74) is -0.212. The number of hydrogen-bond donors (Lipinski definition) is 1. The van der Waals surface area contributed by atoms with Gasteiger partial charge in [-0.25, -0.2) is 0 Å². The maximum absolute atomic E-state index is 11.8. The molecular formula is C13H23N5O2S. The van der Waals surface area contributed by atoms with Gasteiger partial charge < -0.3 is 15.0 Å². The highest BCUT2D eigenvalue weighted by atomic mass is 32.2. The summed E-state index contributed by atoms with van der Waals surface area (Å²) in [6.45, 7) is 8.96. The summed E-state index contributed by atoms with van der Waals surface area (Å²) >= 11 is 1.40. The van der Waals surface area contributed by atoms with Crippen LogP contribution in [0.5, 0.6) is 0 Å². The summed E-state index contributed by atoms with van der Waals surface area (Å²) in [6.07, 6.45) is 0. The highest BCUT2D eigenvalue weighted by molar-refractivity contribution is 7.99. The third-order valence-electron chi connectivity index (χ3n) is 2.95. The number of ether oxygens (including phenoxy) is 1. The van der Waals surface area contributed by atoms with E-state index in [1.165, 1.54) is 11.8 Å². The van der Waals surface area contributed by atoms with Crippen LogP contribution in [0.1, 0.15) is 20.8 Å². The van der Waals surface area contributed by atoms with Crippen LogP contribution < -0.4 is 10.2 Å². The number of hydrogen-bond acceptors (Lipinski definition) is 6. The van der Waals surface area contributed by atoms with Crippen LogP contribution in [-0.4, -0.2) is 58.3 Å². The van der Waals surface area contributed by atoms with Crippen LogP contribution in [0.3, 0.4) is 0 Å². The molecular weight excluding hydrogens is 290 g/mol. The SMILES string of the molecule is Cn1c(SCC(=O)NC(C)(C)C)nnc1N1CCOCC1. The van der Waals surface area contributed by atoms with Gasteiger partial charge in [0.2, 0.25) is 11.9 Å². The van der Waals surface area contributed by atoms with E-state index in [9.17, 15) is 4.79 Å². The van der Waals surface area contributed by atoms with E-state index in [1.807, 2.05) is 32.4 Å². The zero-order valence-corrected chi connectivity index (χ0v) is 13.9.